The lowest BCUT2D eigenvalue weighted by atomic mass is 9.98. The van der Waals surface area contributed by atoms with E-state index in [1.165, 1.54) is 0 Å². The summed E-state index contributed by atoms with van der Waals surface area (Å²) >= 11 is 5.39. The Kier molecular flexibility index (Phi) is 5.89. The Bertz CT molecular complexity index is 144. The van der Waals surface area contributed by atoms with Crippen molar-refractivity contribution in [1.29, 1.82) is 0 Å². The van der Waals surface area contributed by atoms with Crippen LogP contribution in [0.3, 0.4) is 0 Å². The number of rotatable bonds is 2. The van der Waals surface area contributed by atoms with Gasteiger partial charge >= 0.3 is 0 Å². The van der Waals surface area contributed by atoms with Gasteiger partial charge in [0, 0.05) is 5.92 Å². The van der Waals surface area contributed by atoms with E-state index in [-0.39, 0.29) is 23.6 Å². The van der Waals surface area contributed by atoms with Gasteiger partial charge in [0.15, 0.2) is 0 Å². The lowest BCUT2D eigenvalue weighted by Crippen LogP contribution is -2.35. The average Bonchev–Trinajstić information content (AvgIpc) is 2.05. The van der Waals surface area contributed by atoms with E-state index in [1.54, 1.807) is 0 Å². The van der Waals surface area contributed by atoms with Crippen molar-refractivity contribution in [2.45, 2.75) is 19.8 Å². The third-order valence-corrected chi connectivity index (χ3v) is 2.66. The molecule has 1 aliphatic rings. The van der Waals surface area contributed by atoms with Gasteiger partial charge in [-0.15, -0.1) is 12.4 Å². The van der Waals surface area contributed by atoms with Crippen LogP contribution in [0.15, 0.2) is 0 Å². The van der Waals surface area contributed by atoms with Crippen molar-refractivity contribution in [3.05, 3.63) is 0 Å². The number of hydrogen-bond donors (Lipinski definition) is 0. The van der Waals surface area contributed by atoms with E-state index in [0.717, 1.165) is 32.5 Å². The molecule has 1 aliphatic heterocycles. The van der Waals surface area contributed by atoms with Crippen LogP contribution < -0.4 is 0 Å². The molecule has 0 radical (unpaired) electrons. The SMILES string of the molecule is CCN1CCC(C(=O)Cl)CC1.Cl. The maximum Gasteiger partial charge on any atom is 0.224 e. The maximum atomic E-state index is 10.7. The average molecular weight is 212 g/mol. The fourth-order valence-corrected chi connectivity index (χ4v) is 1.69. The molecular formula is C8H15Cl2NO. The first kappa shape index (κ1) is 12.2. The Morgan fingerprint density at radius 1 is 1.50 bits per heavy atom. The molecule has 72 valence electrons. The number of carbonyl (C=O) groups excluding carboxylic acids is 1. The van der Waals surface area contributed by atoms with E-state index < -0.39 is 0 Å². The molecule has 0 spiro atoms. The van der Waals surface area contributed by atoms with Gasteiger partial charge in [-0.05, 0) is 44.1 Å². The van der Waals surface area contributed by atoms with Crippen LogP contribution in [0.5, 0.6) is 0 Å². The lowest BCUT2D eigenvalue weighted by Gasteiger charge is -2.28. The van der Waals surface area contributed by atoms with Gasteiger partial charge in [0.05, 0.1) is 0 Å². The summed E-state index contributed by atoms with van der Waals surface area (Å²) in [5.74, 6) is 0.125. The summed E-state index contributed by atoms with van der Waals surface area (Å²) in [4.78, 5) is 13.1. The van der Waals surface area contributed by atoms with Crippen LogP contribution >= 0.6 is 24.0 Å². The van der Waals surface area contributed by atoms with Gasteiger partial charge in [0.25, 0.3) is 0 Å². The van der Waals surface area contributed by atoms with E-state index >= 15 is 0 Å². The molecule has 1 heterocycles. The molecule has 0 N–H and O–H groups in total. The molecule has 1 rings (SSSR count). The van der Waals surface area contributed by atoms with E-state index in [0.29, 0.717) is 0 Å². The zero-order chi connectivity index (χ0) is 8.27. The highest BCUT2D eigenvalue weighted by Gasteiger charge is 2.22. The van der Waals surface area contributed by atoms with E-state index in [1.807, 2.05) is 0 Å². The van der Waals surface area contributed by atoms with E-state index in [9.17, 15) is 4.79 Å². The first-order valence-electron chi connectivity index (χ1n) is 4.15. The quantitative estimate of drug-likeness (QED) is 0.651. The molecule has 0 aliphatic carbocycles. The molecule has 0 aromatic heterocycles. The fourth-order valence-electron chi connectivity index (χ4n) is 1.48. The Balaban J connectivity index is 0.00000121. The normalized spacial score (nSPS) is 20.2. The molecule has 0 atom stereocenters. The Morgan fingerprint density at radius 2 is 2.00 bits per heavy atom. The van der Waals surface area contributed by atoms with Gasteiger partial charge in [0.1, 0.15) is 0 Å². The van der Waals surface area contributed by atoms with Gasteiger partial charge in [-0.3, -0.25) is 4.79 Å². The van der Waals surface area contributed by atoms with Gasteiger partial charge < -0.3 is 4.90 Å². The third-order valence-electron chi connectivity index (χ3n) is 2.36. The second kappa shape index (κ2) is 5.79. The van der Waals surface area contributed by atoms with Crippen LogP contribution in [-0.4, -0.2) is 29.8 Å². The molecule has 0 aromatic rings. The highest BCUT2D eigenvalue weighted by atomic mass is 35.5. The van der Waals surface area contributed by atoms with Crippen LogP contribution in [0.4, 0.5) is 0 Å². The number of carbonyl (C=O) groups is 1. The van der Waals surface area contributed by atoms with Gasteiger partial charge in [-0.2, -0.15) is 0 Å². The van der Waals surface area contributed by atoms with Crippen LogP contribution in [0.2, 0.25) is 0 Å². The molecule has 1 fully saturated rings. The van der Waals surface area contributed by atoms with Gasteiger partial charge in [-0.25, -0.2) is 0 Å². The van der Waals surface area contributed by atoms with Crippen LogP contribution in [0.1, 0.15) is 19.8 Å². The van der Waals surface area contributed by atoms with Crippen molar-refractivity contribution in [3.63, 3.8) is 0 Å². The number of hydrogen-bond acceptors (Lipinski definition) is 2. The second-order valence-corrected chi connectivity index (χ2v) is 3.39. The Labute approximate surface area is 84.7 Å². The summed E-state index contributed by atoms with van der Waals surface area (Å²) < 4.78 is 0. The highest BCUT2D eigenvalue weighted by Crippen LogP contribution is 2.18. The third kappa shape index (κ3) is 3.30. The van der Waals surface area contributed by atoms with Crippen molar-refractivity contribution in [3.8, 4) is 0 Å². The highest BCUT2D eigenvalue weighted by molar-refractivity contribution is 6.63. The Hall–Kier alpha value is 0.210. The summed E-state index contributed by atoms with van der Waals surface area (Å²) in [6.45, 7) is 5.28. The molecule has 1 saturated heterocycles. The first-order chi connectivity index (χ1) is 5.24. The van der Waals surface area contributed by atoms with Crippen molar-refractivity contribution in [2.24, 2.45) is 5.92 Å². The lowest BCUT2D eigenvalue weighted by molar-refractivity contribution is -0.116. The molecule has 2 nitrogen and oxygen atoms in total. The largest absolute Gasteiger partial charge is 0.304 e. The molecule has 0 unspecified atom stereocenters. The van der Waals surface area contributed by atoms with E-state index in [2.05, 4.69) is 11.8 Å². The number of likely N-dealkylation sites (tertiary alicyclic amines) is 1. The van der Waals surface area contributed by atoms with Gasteiger partial charge in [-0.1, -0.05) is 6.92 Å². The monoisotopic (exact) mass is 211 g/mol. The minimum Gasteiger partial charge on any atom is -0.304 e. The van der Waals surface area contributed by atoms with Crippen molar-refractivity contribution in [1.82, 2.24) is 4.90 Å². The minimum absolute atomic E-state index is 0. The second-order valence-electron chi connectivity index (χ2n) is 3.01. The first-order valence-corrected chi connectivity index (χ1v) is 4.53. The molecule has 0 aromatic carbocycles. The molecule has 0 amide bonds. The molecule has 12 heavy (non-hydrogen) atoms. The molecular weight excluding hydrogens is 197 g/mol. The summed E-state index contributed by atoms with van der Waals surface area (Å²) in [5, 5.41) is -0.152. The maximum absolute atomic E-state index is 10.7. The van der Waals surface area contributed by atoms with Gasteiger partial charge in [0.2, 0.25) is 5.24 Å². The minimum atomic E-state index is -0.152. The molecule has 0 saturated carbocycles. The summed E-state index contributed by atoms with van der Waals surface area (Å²) in [5.41, 5.74) is 0. The zero-order valence-electron chi connectivity index (χ0n) is 7.25. The summed E-state index contributed by atoms with van der Waals surface area (Å²) in [7, 11) is 0. The van der Waals surface area contributed by atoms with Crippen LogP contribution in [0, 0.1) is 5.92 Å². The standard InChI is InChI=1S/C8H14ClNO.ClH/c1-2-10-5-3-7(4-6-10)8(9)11;/h7H,2-6H2,1H3;1H. The predicted molar refractivity (Wildman–Crippen MR) is 52.9 cm³/mol. The topological polar surface area (TPSA) is 20.3 Å². The van der Waals surface area contributed by atoms with Crippen molar-refractivity contribution < 1.29 is 4.79 Å². The number of piperidine rings is 1. The van der Waals surface area contributed by atoms with Crippen molar-refractivity contribution in [2.75, 3.05) is 19.6 Å². The summed E-state index contributed by atoms with van der Waals surface area (Å²) in [6.07, 6.45) is 1.88. The van der Waals surface area contributed by atoms with Crippen LogP contribution in [-0.2, 0) is 4.79 Å². The number of nitrogens with zero attached hydrogens (tertiary/aromatic N) is 1. The molecule has 0 bridgehead atoms. The van der Waals surface area contributed by atoms with Crippen LogP contribution in [0.25, 0.3) is 0 Å². The summed E-state index contributed by atoms with van der Waals surface area (Å²) in [6, 6.07) is 0. The number of halogens is 2. The Morgan fingerprint density at radius 3 is 2.33 bits per heavy atom. The zero-order valence-corrected chi connectivity index (χ0v) is 8.83. The predicted octanol–water partition coefficient (Wildman–Crippen LogP) is 1.91. The molecule has 4 heteroatoms. The van der Waals surface area contributed by atoms with E-state index in [4.69, 9.17) is 11.6 Å². The fraction of sp³-hybridized carbons (Fsp3) is 0.875. The smallest absolute Gasteiger partial charge is 0.224 e. The van der Waals surface area contributed by atoms with Crippen molar-refractivity contribution >= 4 is 29.3 Å².